The molecule has 5 nitrogen and oxygen atoms in total. The zero-order chi connectivity index (χ0) is 17.6. The molecule has 130 valence electrons. The van der Waals surface area contributed by atoms with Crippen LogP contribution in [0.1, 0.15) is 35.7 Å². The van der Waals surface area contributed by atoms with E-state index in [-0.39, 0.29) is 23.8 Å². The lowest BCUT2D eigenvalue weighted by molar-refractivity contribution is -0.136. The molecule has 0 N–H and O–H groups in total. The zero-order valence-electron chi connectivity index (χ0n) is 14.7. The van der Waals surface area contributed by atoms with Crippen LogP contribution in [0.5, 0.6) is 0 Å². The Balaban J connectivity index is 1.54. The van der Waals surface area contributed by atoms with Crippen molar-refractivity contribution in [3.63, 3.8) is 0 Å². The Bertz CT molecular complexity index is 844. The summed E-state index contributed by atoms with van der Waals surface area (Å²) in [7, 11) is 0. The lowest BCUT2D eigenvalue weighted by Gasteiger charge is -2.40. The topological polar surface area (TPSA) is 53.5 Å². The molecule has 1 aliphatic heterocycles. The fourth-order valence-electron chi connectivity index (χ4n) is 3.70. The van der Waals surface area contributed by atoms with Crippen molar-refractivity contribution in [2.45, 2.75) is 32.7 Å². The van der Waals surface area contributed by atoms with E-state index in [2.05, 4.69) is 4.98 Å². The molecule has 5 heteroatoms. The number of nitrogens with zero attached hydrogens (tertiary/aromatic N) is 3. The monoisotopic (exact) mass is 337 g/mol. The first-order valence-corrected chi connectivity index (χ1v) is 9.00. The summed E-state index contributed by atoms with van der Waals surface area (Å²) in [5, 5.41) is 1.02. The molecule has 2 fully saturated rings. The van der Waals surface area contributed by atoms with Crippen LogP contribution in [-0.4, -0.2) is 52.3 Å². The van der Waals surface area contributed by atoms with E-state index in [0.717, 1.165) is 29.3 Å². The number of benzene rings is 1. The van der Waals surface area contributed by atoms with E-state index in [0.29, 0.717) is 25.2 Å². The van der Waals surface area contributed by atoms with Gasteiger partial charge in [0.15, 0.2) is 0 Å². The fourth-order valence-corrected chi connectivity index (χ4v) is 3.70. The van der Waals surface area contributed by atoms with Gasteiger partial charge in [-0.2, -0.15) is 0 Å². The van der Waals surface area contributed by atoms with Crippen LogP contribution < -0.4 is 0 Å². The summed E-state index contributed by atoms with van der Waals surface area (Å²) >= 11 is 0. The quantitative estimate of drug-likeness (QED) is 0.846. The third-order valence-electron chi connectivity index (χ3n) is 5.40. The Morgan fingerprint density at radius 1 is 1.16 bits per heavy atom. The van der Waals surface area contributed by atoms with Crippen molar-refractivity contribution >= 4 is 22.7 Å². The summed E-state index contributed by atoms with van der Waals surface area (Å²) in [6.07, 6.45) is 3.73. The lowest BCUT2D eigenvalue weighted by atomic mass is 10.0. The molecule has 2 aliphatic rings. The maximum absolute atomic E-state index is 13.0. The van der Waals surface area contributed by atoms with Gasteiger partial charge in [-0.1, -0.05) is 18.2 Å². The number of hydrogen-bond donors (Lipinski definition) is 0. The first-order chi connectivity index (χ1) is 12.1. The van der Waals surface area contributed by atoms with Crippen molar-refractivity contribution in [2.75, 3.05) is 19.6 Å². The highest BCUT2D eigenvalue weighted by Gasteiger charge is 2.38. The highest BCUT2D eigenvalue weighted by molar-refractivity contribution is 6.00. The van der Waals surface area contributed by atoms with E-state index in [9.17, 15) is 9.59 Å². The van der Waals surface area contributed by atoms with Crippen molar-refractivity contribution in [1.82, 2.24) is 14.8 Å². The van der Waals surface area contributed by atoms with Gasteiger partial charge in [0.05, 0.1) is 11.1 Å². The molecule has 1 aromatic carbocycles. The van der Waals surface area contributed by atoms with E-state index in [1.54, 1.807) is 6.20 Å². The van der Waals surface area contributed by atoms with Crippen LogP contribution in [0.4, 0.5) is 0 Å². The minimum absolute atomic E-state index is 0.0149. The largest absolute Gasteiger partial charge is 0.336 e. The smallest absolute Gasteiger partial charge is 0.255 e. The van der Waals surface area contributed by atoms with Crippen LogP contribution in [0.25, 0.3) is 10.9 Å². The molecule has 1 unspecified atom stereocenters. The van der Waals surface area contributed by atoms with Gasteiger partial charge in [-0.25, -0.2) is 0 Å². The van der Waals surface area contributed by atoms with Crippen LogP contribution in [0.3, 0.4) is 0 Å². The van der Waals surface area contributed by atoms with Gasteiger partial charge in [0.25, 0.3) is 5.91 Å². The third kappa shape index (κ3) is 2.88. The number of fused-ring (bicyclic) bond motifs is 1. The highest BCUT2D eigenvalue weighted by atomic mass is 16.2. The number of carbonyl (C=O) groups excluding carboxylic acids is 2. The molecule has 1 aromatic heterocycles. The number of aromatic nitrogens is 1. The van der Waals surface area contributed by atoms with Crippen molar-refractivity contribution < 1.29 is 9.59 Å². The highest BCUT2D eigenvalue weighted by Crippen LogP contribution is 2.32. The van der Waals surface area contributed by atoms with Crippen LogP contribution in [0.15, 0.2) is 30.5 Å². The second-order valence-electron chi connectivity index (χ2n) is 7.22. The molecular weight excluding hydrogens is 314 g/mol. The summed E-state index contributed by atoms with van der Waals surface area (Å²) in [4.78, 5) is 33.6. The molecule has 0 bridgehead atoms. The Hall–Kier alpha value is -2.43. The molecule has 1 saturated heterocycles. The number of aryl methyl sites for hydroxylation is 1. The molecule has 25 heavy (non-hydrogen) atoms. The Kier molecular flexibility index (Phi) is 3.94. The van der Waals surface area contributed by atoms with Gasteiger partial charge in [-0.05, 0) is 38.3 Å². The first-order valence-electron chi connectivity index (χ1n) is 9.00. The van der Waals surface area contributed by atoms with Gasteiger partial charge in [-0.15, -0.1) is 0 Å². The molecule has 0 radical (unpaired) electrons. The molecule has 2 amide bonds. The predicted octanol–water partition coefficient (Wildman–Crippen LogP) is 2.63. The zero-order valence-corrected chi connectivity index (χ0v) is 14.7. The molecule has 1 atom stereocenters. The van der Waals surface area contributed by atoms with Crippen LogP contribution in [0, 0.1) is 12.8 Å². The Morgan fingerprint density at radius 2 is 1.92 bits per heavy atom. The van der Waals surface area contributed by atoms with Gasteiger partial charge >= 0.3 is 0 Å². The van der Waals surface area contributed by atoms with E-state index < -0.39 is 0 Å². The first kappa shape index (κ1) is 16.1. The van der Waals surface area contributed by atoms with Crippen LogP contribution in [-0.2, 0) is 4.79 Å². The molecule has 1 aliphatic carbocycles. The number of hydrogen-bond acceptors (Lipinski definition) is 3. The van der Waals surface area contributed by atoms with Crippen LogP contribution >= 0.6 is 0 Å². The maximum atomic E-state index is 13.0. The van der Waals surface area contributed by atoms with E-state index >= 15 is 0 Å². The van der Waals surface area contributed by atoms with Crippen molar-refractivity contribution in [1.29, 1.82) is 0 Å². The van der Waals surface area contributed by atoms with E-state index in [1.165, 1.54) is 0 Å². The molecule has 4 rings (SSSR count). The minimum atomic E-state index is 0.0149. The molecule has 2 aromatic rings. The predicted molar refractivity (Wildman–Crippen MR) is 96.3 cm³/mol. The third-order valence-corrected chi connectivity index (χ3v) is 5.40. The average molecular weight is 337 g/mol. The minimum Gasteiger partial charge on any atom is -0.336 e. The number of carbonyl (C=O) groups is 2. The van der Waals surface area contributed by atoms with E-state index in [1.807, 2.05) is 47.9 Å². The van der Waals surface area contributed by atoms with Crippen molar-refractivity contribution in [2.24, 2.45) is 5.92 Å². The number of para-hydroxylation sites is 1. The number of piperazine rings is 1. The molecular formula is C20H23N3O2. The normalized spacial score (nSPS) is 20.8. The summed E-state index contributed by atoms with van der Waals surface area (Å²) in [5.74, 6) is 0.515. The number of rotatable bonds is 2. The second kappa shape index (κ2) is 6.14. The number of amides is 2. The standard InChI is InChI=1S/C20H23N3O2/c1-13-12-22(9-10-23(13)19(24)15-7-8-15)20(25)17-11-21-18-6-4-3-5-16(18)14(17)2/h3-6,11,13,15H,7-10,12H2,1-2H3. The van der Waals surface area contributed by atoms with E-state index in [4.69, 9.17) is 0 Å². The fraction of sp³-hybridized carbons (Fsp3) is 0.450. The SMILES string of the molecule is Cc1c(C(=O)N2CCN(C(=O)C3CC3)C(C)C2)cnc2ccccc12. The van der Waals surface area contributed by atoms with Gasteiger partial charge < -0.3 is 9.80 Å². The van der Waals surface area contributed by atoms with Gasteiger partial charge in [-0.3, -0.25) is 14.6 Å². The summed E-state index contributed by atoms with van der Waals surface area (Å²) in [5.41, 5.74) is 2.54. The molecule has 2 heterocycles. The van der Waals surface area contributed by atoms with Crippen LogP contribution in [0.2, 0.25) is 0 Å². The lowest BCUT2D eigenvalue weighted by Crippen LogP contribution is -2.55. The van der Waals surface area contributed by atoms with Crippen molar-refractivity contribution in [3.05, 3.63) is 41.6 Å². The maximum Gasteiger partial charge on any atom is 0.255 e. The number of pyridine rings is 1. The molecule has 1 saturated carbocycles. The Morgan fingerprint density at radius 3 is 2.64 bits per heavy atom. The Labute approximate surface area is 147 Å². The average Bonchev–Trinajstić information content (AvgIpc) is 3.46. The summed E-state index contributed by atoms with van der Waals surface area (Å²) in [6, 6.07) is 7.95. The summed E-state index contributed by atoms with van der Waals surface area (Å²) < 4.78 is 0. The second-order valence-corrected chi connectivity index (χ2v) is 7.22. The summed E-state index contributed by atoms with van der Waals surface area (Å²) in [6.45, 7) is 5.82. The molecule has 0 spiro atoms. The van der Waals surface area contributed by atoms with Crippen molar-refractivity contribution in [3.8, 4) is 0 Å². The van der Waals surface area contributed by atoms with Gasteiger partial charge in [0.1, 0.15) is 0 Å². The van der Waals surface area contributed by atoms with Gasteiger partial charge in [0.2, 0.25) is 5.91 Å². The van der Waals surface area contributed by atoms with Gasteiger partial charge in [0, 0.05) is 43.2 Å².